The van der Waals surface area contributed by atoms with Crippen LogP contribution in [-0.2, 0) is 15.9 Å². The first-order valence-electron chi connectivity index (χ1n) is 11.9. The van der Waals surface area contributed by atoms with Crippen LogP contribution in [0.4, 0.5) is 0 Å². The second-order valence-electron chi connectivity index (χ2n) is 9.08. The minimum absolute atomic E-state index is 0.0102. The Morgan fingerprint density at radius 3 is 1.94 bits per heavy atom. The summed E-state index contributed by atoms with van der Waals surface area (Å²) in [7, 11) is -2.28. The smallest absolute Gasteiger partial charge is 0.210 e. The highest BCUT2D eigenvalue weighted by Gasteiger charge is 2.47. The quantitative estimate of drug-likeness (QED) is 0.442. The molecule has 1 aliphatic heterocycles. The molecule has 0 radical (unpaired) electrons. The molecule has 1 atom stereocenters. The van der Waals surface area contributed by atoms with Crippen molar-refractivity contribution in [2.75, 3.05) is 13.2 Å². The molecule has 1 heterocycles. The lowest BCUT2D eigenvalue weighted by atomic mass is 10.1. The van der Waals surface area contributed by atoms with Gasteiger partial charge in [-0.1, -0.05) is 97.5 Å². The van der Waals surface area contributed by atoms with Gasteiger partial charge >= 0.3 is 0 Å². The van der Waals surface area contributed by atoms with Gasteiger partial charge in [-0.2, -0.15) is 0 Å². The topological polar surface area (TPSA) is 38.7 Å². The standard InChI is InChI=1S/C29H34O3Si/c1-29(31-22-21-30)23-28(27(32-29)20-12-15-24-13-6-3-7-14-24)33(2,25-16-8-4-9-17-25)26-18-10-5-11-19-26/h3-11,13-14,16-19,30H,12,15,20-23H2,1-2H3. The molecule has 0 amide bonds. The molecule has 4 heteroatoms. The normalized spacial score (nSPS) is 18.4. The van der Waals surface area contributed by atoms with Crippen molar-refractivity contribution < 1.29 is 14.6 Å². The number of ether oxygens (including phenoxy) is 2. The molecule has 3 aromatic rings. The van der Waals surface area contributed by atoms with Gasteiger partial charge in [0, 0.05) is 19.8 Å². The van der Waals surface area contributed by atoms with Gasteiger partial charge in [0.15, 0.2) is 0 Å². The van der Waals surface area contributed by atoms with Crippen LogP contribution in [0.15, 0.2) is 102 Å². The van der Waals surface area contributed by atoms with Gasteiger partial charge in [0.25, 0.3) is 0 Å². The summed E-state index contributed by atoms with van der Waals surface area (Å²) in [6, 6.07) is 32.4. The van der Waals surface area contributed by atoms with E-state index in [1.807, 2.05) is 6.92 Å². The van der Waals surface area contributed by atoms with E-state index in [0.717, 1.165) is 31.4 Å². The number of hydrogen-bond donors (Lipinski definition) is 1. The predicted octanol–water partition coefficient (Wildman–Crippen LogP) is 4.84. The van der Waals surface area contributed by atoms with E-state index in [2.05, 4.69) is 97.5 Å². The molecule has 1 unspecified atom stereocenters. The number of hydrogen-bond acceptors (Lipinski definition) is 3. The Kier molecular flexibility index (Phi) is 7.48. The van der Waals surface area contributed by atoms with Crippen LogP contribution >= 0.6 is 0 Å². The fourth-order valence-corrected chi connectivity index (χ4v) is 9.09. The third-order valence-corrected chi connectivity index (χ3v) is 11.3. The summed E-state index contributed by atoms with van der Waals surface area (Å²) in [5, 5.41) is 13.5. The van der Waals surface area contributed by atoms with Crippen molar-refractivity contribution in [3.05, 3.63) is 108 Å². The van der Waals surface area contributed by atoms with E-state index in [9.17, 15) is 5.11 Å². The van der Waals surface area contributed by atoms with E-state index < -0.39 is 13.9 Å². The van der Waals surface area contributed by atoms with Gasteiger partial charge < -0.3 is 14.6 Å². The molecule has 0 aromatic heterocycles. The molecule has 0 saturated heterocycles. The molecule has 0 spiro atoms. The van der Waals surface area contributed by atoms with Crippen molar-refractivity contribution in [1.29, 1.82) is 0 Å². The van der Waals surface area contributed by atoms with Crippen molar-refractivity contribution in [2.24, 2.45) is 0 Å². The Hall–Kier alpha value is -2.66. The fourth-order valence-electron chi connectivity index (χ4n) is 4.93. The highest BCUT2D eigenvalue weighted by molar-refractivity contribution is 7.06. The lowest BCUT2D eigenvalue weighted by molar-refractivity contribution is -0.193. The second-order valence-corrected chi connectivity index (χ2v) is 13.1. The van der Waals surface area contributed by atoms with Crippen molar-refractivity contribution in [1.82, 2.24) is 0 Å². The van der Waals surface area contributed by atoms with Crippen LogP contribution in [0.1, 0.15) is 31.7 Å². The van der Waals surface area contributed by atoms with Gasteiger partial charge in [-0.05, 0) is 34.0 Å². The van der Waals surface area contributed by atoms with Crippen molar-refractivity contribution in [2.45, 2.75) is 44.9 Å². The van der Waals surface area contributed by atoms with Crippen LogP contribution in [0.2, 0.25) is 6.55 Å². The van der Waals surface area contributed by atoms with Crippen molar-refractivity contribution >= 4 is 18.4 Å². The van der Waals surface area contributed by atoms with Gasteiger partial charge in [-0.25, -0.2) is 0 Å². The van der Waals surface area contributed by atoms with Gasteiger partial charge in [0.05, 0.1) is 19.0 Å². The maximum atomic E-state index is 9.37. The van der Waals surface area contributed by atoms with E-state index >= 15 is 0 Å². The molecular weight excluding hydrogens is 424 g/mol. The molecular formula is C29H34O3Si. The minimum Gasteiger partial charge on any atom is -0.467 e. The summed E-state index contributed by atoms with van der Waals surface area (Å²) < 4.78 is 12.6. The summed E-state index contributed by atoms with van der Waals surface area (Å²) >= 11 is 0. The van der Waals surface area contributed by atoms with E-state index in [4.69, 9.17) is 9.47 Å². The molecule has 0 bridgehead atoms. The van der Waals surface area contributed by atoms with Gasteiger partial charge in [-0.15, -0.1) is 0 Å². The molecule has 0 aliphatic carbocycles. The number of rotatable bonds is 10. The minimum atomic E-state index is -2.28. The number of allylic oxidation sites excluding steroid dienone is 1. The number of benzene rings is 3. The number of aliphatic hydroxyl groups is 1. The highest BCUT2D eigenvalue weighted by atomic mass is 28.3. The maximum absolute atomic E-state index is 9.37. The molecule has 3 aromatic carbocycles. The summed E-state index contributed by atoms with van der Waals surface area (Å²) in [6.45, 7) is 4.71. The summed E-state index contributed by atoms with van der Waals surface area (Å²) in [4.78, 5) is 0. The molecule has 4 rings (SSSR count). The zero-order valence-corrected chi connectivity index (χ0v) is 20.7. The lowest BCUT2D eigenvalue weighted by Gasteiger charge is -2.31. The molecule has 172 valence electrons. The summed E-state index contributed by atoms with van der Waals surface area (Å²) in [5.74, 6) is 0.339. The van der Waals surface area contributed by atoms with Crippen LogP contribution in [-0.4, -0.2) is 32.2 Å². The molecule has 1 N–H and O–H groups in total. The lowest BCUT2D eigenvalue weighted by Crippen LogP contribution is -2.58. The van der Waals surface area contributed by atoms with E-state index in [-0.39, 0.29) is 13.2 Å². The van der Waals surface area contributed by atoms with Crippen LogP contribution in [0.3, 0.4) is 0 Å². The summed E-state index contributed by atoms with van der Waals surface area (Å²) in [5.41, 5.74) is 1.35. The van der Waals surface area contributed by atoms with Crippen LogP contribution in [0, 0.1) is 0 Å². The van der Waals surface area contributed by atoms with Gasteiger partial charge in [0.2, 0.25) is 5.79 Å². The van der Waals surface area contributed by atoms with Crippen molar-refractivity contribution in [3.63, 3.8) is 0 Å². The predicted molar refractivity (Wildman–Crippen MR) is 137 cm³/mol. The zero-order valence-electron chi connectivity index (χ0n) is 19.7. The van der Waals surface area contributed by atoms with Crippen LogP contribution in [0.5, 0.6) is 0 Å². The third kappa shape index (κ3) is 5.30. The van der Waals surface area contributed by atoms with E-state index in [1.165, 1.54) is 21.1 Å². The Morgan fingerprint density at radius 1 is 0.848 bits per heavy atom. The van der Waals surface area contributed by atoms with Gasteiger partial charge in [0.1, 0.15) is 8.07 Å². The van der Waals surface area contributed by atoms with Crippen molar-refractivity contribution in [3.8, 4) is 0 Å². The third-order valence-electron chi connectivity index (χ3n) is 6.69. The SMILES string of the molecule is CC1(OCCO)CC([Si](C)(c2ccccc2)c2ccccc2)=C(CCCc2ccccc2)O1. The summed E-state index contributed by atoms with van der Waals surface area (Å²) in [6.07, 6.45) is 3.64. The van der Waals surface area contributed by atoms with Crippen LogP contribution < -0.4 is 10.4 Å². The molecule has 33 heavy (non-hydrogen) atoms. The molecule has 0 saturated carbocycles. The first-order valence-corrected chi connectivity index (χ1v) is 14.4. The Labute approximate surface area is 198 Å². The first kappa shape index (κ1) is 23.5. The Bertz CT molecular complexity index is 1010. The molecule has 0 fully saturated rings. The average molecular weight is 459 g/mol. The van der Waals surface area contributed by atoms with Gasteiger partial charge in [-0.3, -0.25) is 0 Å². The zero-order chi connectivity index (χ0) is 23.2. The number of aryl methyl sites for hydroxylation is 1. The average Bonchev–Trinajstić information content (AvgIpc) is 3.21. The molecule has 3 nitrogen and oxygen atoms in total. The largest absolute Gasteiger partial charge is 0.467 e. The highest BCUT2D eigenvalue weighted by Crippen LogP contribution is 2.41. The maximum Gasteiger partial charge on any atom is 0.210 e. The first-order chi connectivity index (χ1) is 16.0. The second kappa shape index (κ2) is 10.5. The Morgan fingerprint density at radius 2 is 1.39 bits per heavy atom. The van der Waals surface area contributed by atoms with Crippen LogP contribution in [0.25, 0.3) is 0 Å². The monoisotopic (exact) mass is 458 g/mol. The van der Waals surface area contributed by atoms with E-state index in [1.54, 1.807) is 0 Å². The fraction of sp³-hybridized carbons (Fsp3) is 0.310. The van der Waals surface area contributed by atoms with E-state index in [0.29, 0.717) is 0 Å². The molecule has 1 aliphatic rings. The Balaban J connectivity index is 1.72. The number of aliphatic hydroxyl groups excluding tert-OH is 1.